The SMILES string of the molecule is Oc1ccc(Cl)cc1-c1cc(/C=C/c2cccs2)nn1-c1ccccc1. The van der Waals surface area contributed by atoms with E-state index in [1.54, 1.807) is 29.5 Å². The first kappa shape index (κ1) is 16.6. The van der Waals surface area contributed by atoms with E-state index < -0.39 is 0 Å². The number of phenols is 1. The molecule has 0 aliphatic rings. The molecule has 0 aliphatic carbocycles. The Bertz CT molecular complexity index is 1050. The van der Waals surface area contributed by atoms with Gasteiger partial charge in [-0.3, -0.25) is 0 Å². The molecule has 0 spiro atoms. The first-order chi connectivity index (χ1) is 12.7. The molecule has 4 aromatic rings. The van der Waals surface area contributed by atoms with Crippen molar-refractivity contribution in [2.24, 2.45) is 0 Å². The number of thiophene rings is 1. The molecule has 0 saturated heterocycles. The highest BCUT2D eigenvalue weighted by Crippen LogP contribution is 2.34. The van der Waals surface area contributed by atoms with Crippen LogP contribution in [0.1, 0.15) is 10.6 Å². The maximum absolute atomic E-state index is 10.3. The van der Waals surface area contributed by atoms with Gasteiger partial charge in [0.15, 0.2) is 0 Å². The van der Waals surface area contributed by atoms with E-state index in [2.05, 4.69) is 6.07 Å². The second kappa shape index (κ2) is 7.20. The third-order valence-electron chi connectivity index (χ3n) is 3.93. The third kappa shape index (κ3) is 3.43. The largest absolute Gasteiger partial charge is 0.507 e. The van der Waals surface area contributed by atoms with Crippen LogP contribution in [0.25, 0.3) is 29.1 Å². The Morgan fingerprint density at radius 3 is 2.58 bits per heavy atom. The van der Waals surface area contributed by atoms with Crippen molar-refractivity contribution in [1.29, 1.82) is 0 Å². The van der Waals surface area contributed by atoms with Gasteiger partial charge in [-0.2, -0.15) is 5.10 Å². The minimum atomic E-state index is 0.167. The van der Waals surface area contributed by atoms with Crippen LogP contribution in [0.5, 0.6) is 5.75 Å². The summed E-state index contributed by atoms with van der Waals surface area (Å²) in [7, 11) is 0. The van der Waals surface area contributed by atoms with Gasteiger partial charge in [-0.1, -0.05) is 35.9 Å². The van der Waals surface area contributed by atoms with Crippen LogP contribution in [-0.4, -0.2) is 14.9 Å². The Kier molecular flexibility index (Phi) is 4.61. The van der Waals surface area contributed by atoms with Crippen LogP contribution in [0, 0.1) is 0 Å². The Hall–Kier alpha value is -2.82. The van der Waals surface area contributed by atoms with Crippen molar-refractivity contribution in [3.05, 3.63) is 87.7 Å². The Morgan fingerprint density at radius 1 is 0.962 bits per heavy atom. The van der Waals surface area contributed by atoms with Gasteiger partial charge >= 0.3 is 0 Å². The zero-order valence-corrected chi connectivity index (χ0v) is 15.3. The second-order valence-corrected chi connectivity index (χ2v) is 7.13. The lowest BCUT2D eigenvalue weighted by Gasteiger charge is -2.09. The molecule has 0 saturated carbocycles. The van der Waals surface area contributed by atoms with Gasteiger partial charge in [0, 0.05) is 15.5 Å². The molecular formula is C21H15ClN2OS. The van der Waals surface area contributed by atoms with Crippen LogP contribution in [0.2, 0.25) is 5.02 Å². The molecule has 26 heavy (non-hydrogen) atoms. The quantitative estimate of drug-likeness (QED) is 0.463. The van der Waals surface area contributed by atoms with Gasteiger partial charge in [-0.05, 0) is 60.0 Å². The Balaban J connectivity index is 1.84. The van der Waals surface area contributed by atoms with E-state index >= 15 is 0 Å². The summed E-state index contributed by atoms with van der Waals surface area (Å²) in [4.78, 5) is 1.16. The molecule has 0 atom stereocenters. The molecule has 0 aliphatic heterocycles. The van der Waals surface area contributed by atoms with E-state index in [-0.39, 0.29) is 5.75 Å². The molecule has 0 amide bonds. The van der Waals surface area contributed by atoms with Crippen molar-refractivity contribution >= 4 is 35.1 Å². The number of phenolic OH excluding ortho intramolecular Hbond substituents is 1. The summed E-state index contributed by atoms with van der Waals surface area (Å²) in [6.07, 6.45) is 4.00. The number of aromatic hydroxyl groups is 1. The number of para-hydroxylation sites is 1. The number of halogens is 1. The average Bonchev–Trinajstić information content (AvgIpc) is 3.32. The molecule has 1 N–H and O–H groups in total. The predicted octanol–water partition coefficient (Wildman–Crippen LogP) is 6.13. The molecule has 0 bridgehead atoms. The van der Waals surface area contributed by atoms with Crippen LogP contribution in [0.15, 0.2) is 72.1 Å². The van der Waals surface area contributed by atoms with Gasteiger partial charge in [0.05, 0.1) is 17.1 Å². The summed E-state index contributed by atoms with van der Waals surface area (Å²) >= 11 is 7.82. The van der Waals surface area contributed by atoms with Gasteiger partial charge in [-0.25, -0.2) is 4.68 Å². The summed E-state index contributed by atoms with van der Waals surface area (Å²) in [6, 6.07) is 20.9. The van der Waals surface area contributed by atoms with E-state index in [0.717, 1.165) is 22.0 Å². The van der Waals surface area contributed by atoms with Crippen LogP contribution >= 0.6 is 22.9 Å². The molecule has 2 aromatic heterocycles. The van der Waals surface area contributed by atoms with E-state index in [1.807, 2.05) is 64.7 Å². The number of hydrogen-bond donors (Lipinski definition) is 1. The first-order valence-electron chi connectivity index (χ1n) is 8.07. The molecule has 5 heteroatoms. The third-order valence-corrected chi connectivity index (χ3v) is 5.00. The van der Waals surface area contributed by atoms with Crippen LogP contribution < -0.4 is 0 Å². The van der Waals surface area contributed by atoms with Crippen molar-refractivity contribution in [1.82, 2.24) is 9.78 Å². The maximum atomic E-state index is 10.3. The van der Waals surface area contributed by atoms with Gasteiger partial charge in [-0.15, -0.1) is 11.3 Å². The molecule has 2 heterocycles. The summed E-state index contributed by atoms with van der Waals surface area (Å²) in [6.45, 7) is 0. The highest BCUT2D eigenvalue weighted by molar-refractivity contribution is 7.10. The van der Waals surface area contributed by atoms with Crippen LogP contribution in [0.4, 0.5) is 0 Å². The van der Waals surface area contributed by atoms with Crippen molar-refractivity contribution < 1.29 is 5.11 Å². The predicted molar refractivity (Wildman–Crippen MR) is 109 cm³/mol. The molecule has 0 fully saturated rings. The minimum absolute atomic E-state index is 0.167. The van der Waals surface area contributed by atoms with Crippen molar-refractivity contribution in [3.63, 3.8) is 0 Å². The smallest absolute Gasteiger partial charge is 0.125 e. The van der Waals surface area contributed by atoms with E-state index in [0.29, 0.717) is 10.6 Å². The topological polar surface area (TPSA) is 38.1 Å². The number of rotatable bonds is 4. The van der Waals surface area contributed by atoms with Gasteiger partial charge < -0.3 is 5.11 Å². The molecule has 0 radical (unpaired) electrons. The van der Waals surface area contributed by atoms with Crippen molar-refractivity contribution in [2.45, 2.75) is 0 Å². The average molecular weight is 379 g/mol. The number of aromatic nitrogens is 2. The Labute approximate surface area is 160 Å². The molecule has 2 aromatic carbocycles. The second-order valence-electron chi connectivity index (χ2n) is 5.71. The van der Waals surface area contributed by atoms with E-state index in [9.17, 15) is 5.11 Å². The number of hydrogen-bond acceptors (Lipinski definition) is 3. The fourth-order valence-electron chi connectivity index (χ4n) is 2.71. The molecule has 3 nitrogen and oxygen atoms in total. The Morgan fingerprint density at radius 2 is 1.81 bits per heavy atom. The van der Waals surface area contributed by atoms with Crippen molar-refractivity contribution in [3.8, 4) is 22.7 Å². The van der Waals surface area contributed by atoms with E-state index in [4.69, 9.17) is 16.7 Å². The van der Waals surface area contributed by atoms with Crippen LogP contribution in [0.3, 0.4) is 0 Å². The van der Waals surface area contributed by atoms with Gasteiger partial charge in [0.2, 0.25) is 0 Å². The summed E-state index contributed by atoms with van der Waals surface area (Å²) < 4.78 is 1.82. The molecular weight excluding hydrogens is 364 g/mol. The van der Waals surface area contributed by atoms with Gasteiger partial charge in [0.25, 0.3) is 0 Å². The highest BCUT2D eigenvalue weighted by atomic mass is 35.5. The standard InChI is InChI=1S/C21H15ClN2OS/c22-15-8-11-21(25)19(13-15)20-14-16(9-10-18-7-4-12-26-18)23-24(20)17-5-2-1-3-6-17/h1-14,25H/b10-9+. The summed E-state index contributed by atoms with van der Waals surface area (Å²) in [5, 5.41) is 17.6. The molecule has 128 valence electrons. The monoisotopic (exact) mass is 378 g/mol. The lowest BCUT2D eigenvalue weighted by atomic mass is 10.1. The summed E-state index contributed by atoms with van der Waals surface area (Å²) in [5.41, 5.74) is 3.14. The molecule has 0 unspecified atom stereocenters. The van der Waals surface area contributed by atoms with E-state index in [1.165, 1.54) is 0 Å². The van der Waals surface area contributed by atoms with Gasteiger partial charge in [0.1, 0.15) is 5.75 Å². The lowest BCUT2D eigenvalue weighted by Crippen LogP contribution is -1.99. The first-order valence-corrected chi connectivity index (χ1v) is 9.32. The summed E-state index contributed by atoms with van der Waals surface area (Å²) in [5.74, 6) is 0.167. The normalized spacial score (nSPS) is 11.3. The fourth-order valence-corrected chi connectivity index (χ4v) is 3.50. The zero-order valence-electron chi connectivity index (χ0n) is 13.7. The maximum Gasteiger partial charge on any atom is 0.125 e. The number of benzene rings is 2. The van der Waals surface area contributed by atoms with Crippen LogP contribution in [-0.2, 0) is 0 Å². The highest BCUT2D eigenvalue weighted by Gasteiger charge is 2.14. The minimum Gasteiger partial charge on any atom is -0.507 e. The van der Waals surface area contributed by atoms with Crippen molar-refractivity contribution in [2.75, 3.05) is 0 Å². The lowest BCUT2D eigenvalue weighted by molar-refractivity contribution is 0.477. The number of nitrogens with zero attached hydrogens (tertiary/aromatic N) is 2. The fraction of sp³-hybridized carbons (Fsp3) is 0. The molecule has 4 rings (SSSR count). The zero-order chi connectivity index (χ0) is 17.9.